The van der Waals surface area contributed by atoms with Crippen molar-refractivity contribution in [2.24, 2.45) is 5.92 Å². The summed E-state index contributed by atoms with van der Waals surface area (Å²) in [5.41, 5.74) is 0.698. The van der Waals surface area contributed by atoms with Crippen molar-refractivity contribution in [3.8, 4) is 17.2 Å². The van der Waals surface area contributed by atoms with Gasteiger partial charge in [0, 0.05) is 19.1 Å². The standard InChI is InChI=1S/C23H23B3N8O6/c1-38-10-17(35)27-9-16-30-22(40-34-16)12-4-3-5-13(19(12)39-2)28-14-8-15(29-20(36)11-6-7-11)32-33-18(14)21(37)31-23(24,25)26/h3-5,8,11H,6-7,9-10H2,1-2H3,(H,27,35)(H,31,37)(H2,28,29,32,36). The first-order chi connectivity index (χ1) is 19.1. The Labute approximate surface area is 233 Å². The molecule has 1 aliphatic rings. The van der Waals surface area contributed by atoms with E-state index in [1.807, 2.05) is 0 Å². The summed E-state index contributed by atoms with van der Waals surface area (Å²) in [5.74, 6) is -0.727. The number of nitrogens with one attached hydrogen (secondary N) is 4. The molecule has 2 aromatic heterocycles. The van der Waals surface area contributed by atoms with Gasteiger partial charge in [0.1, 0.15) is 6.61 Å². The van der Waals surface area contributed by atoms with Crippen LogP contribution in [0.1, 0.15) is 29.2 Å². The highest BCUT2D eigenvalue weighted by Gasteiger charge is 2.30. The lowest BCUT2D eigenvalue weighted by atomic mass is 9.49. The lowest BCUT2D eigenvalue weighted by Crippen LogP contribution is -2.50. The minimum absolute atomic E-state index is 0.0212. The summed E-state index contributed by atoms with van der Waals surface area (Å²) in [6, 6.07) is 6.44. The Balaban J connectivity index is 1.64. The fourth-order valence-corrected chi connectivity index (χ4v) is 3.51. The first kappa shape index (κ1) is 28.6. The first-order valence-corrected chi connectivity index (χ1v) is 12.0. The largest absolute Gasteiger partial charge is 0.494 e. The van der Waals surface area contributed by atoms with Crippen LogP contribution in [0, 0.1) is 5.92 Å². The van der Waals surface area contributed by atoms with Gasteiger partial charge in [-0.1, -0.05) is 16.5 Å². The number of benzene rings is 1. The van der Waals surface area contributed by atoms with E-state index >= 15 is 0 Å². The molecule has 14 nitrogen and oxygen atoms in total. The summed E-state index contributed by atoms with van der Waals surface area (Å²) in [5, 5.41) is 20.3. The van der Waals surface area contributed by atoms with Crippen LogP contribution in [0.25, 0.3) is 11.5 Å². The predicted octanol–water partition coefficient (Wildman–Crippen LogP) is -0.263. The van der Waals surface area contributed by atoms with E-state index in [1.165, 1.54) is 20.3 Å². The zero-order valence-electron chi connectivity index (χ0n) is 21.7. The Morgan fingerprint density at radius 1 is 1.12 bits per heavy atom. The minimum atomic E-state index is -2.02. The number of ether oxygens (including phenoxy) is 2. The zero-order valence-corrected chi connectivity index (χ0v) is 21.7. The Morgan fingerprint density at radius 3 is 2.58 bits per heavy atom. The van der Waals surface area contributed by atoms with Crippen LogP contribution in [0.4, 0.5) is 17.2 Å². The van der Waals surface area contributed by atoms with Crippen molar-refractivity contribution in [1.82, 2.24) is 31.0 Å². The van der Waals surface area contributed by atoms with Gasteiger partial charge in [-0.3, -0.25) is 14.4 Å². The molecule has 0 bridgehead atoms. The molecule has 0 aliphatic heterocycles. The molecule has 6 radical (unpaired) electrons. The highest BCUT2D eigenvalue weighted by atomic mass is 16.5. The number of amides is 3. The summed E-state index contributed by atoms with van der Waals surface area (Å²) in [6.45, 7) is -0.0850. The van der Waals surface area contributed by atoms with Crippen molar-refractivity contribution < 1.29 is 28.4 Å². The van der Waals surface area contributed by atoms with Gasteiger partial charge in [-0.15, -0.1) is 10.2 Å². The fraction of sp³-hybridized carbons (Fsp3) is 0.348. The van der Waals surface area contributed by atoms with Crippen LogP contribution in [0.2, 0.25) is 0 Å². The average molecular weight is 540 g/mol. The van der Waals surface area contributed by atoms with E-state index in [0.29, 0.717) is 11.3 Å². The Hall–Kier alpha value is -4.40. The maximum Gasteiger partial charge on any atom is 0.272 e. The van der Waals surface area contributed by atoms with E-state index in [0.717, 1.165) is 12.8 Å². The van der Waals surface area contributed by atoms with Crippen LogP contribution in [-0.4, -0.2) is 87.7 Å². The molecule has 2 heterocycles. The van der Waals surface area contributed by atoms with Gasteiger partial charge in [-0.2, -0.15) is 4.98 Å². The van der Waals surface area contributed by atoms with Gasteiger partial charge in [-0.25, -0.2) is 0 Å². The summed E-state index contributed by atoms with van der Waals surface area (Å²) in [7, 11) is 19.4. The van der Waals surface area contributed by atoms with Crippen molar-refractivity contribution in [1.29, 1.82) is 0 Å². The SMILES string of the molecule is [B]C([B])([B])NC(=O)c1nnc(NC(=O)C2CC2)cc1Nc1cccc(-c2nc(CNC(=O)COC)no2)c1OC. The Kier molecular flexibility index (Phi) is 8.72. The van der Waals surface area contributed by atoms with Crippen LogP contribution in [0.5, 0.6) is 5.75 Å². The van der Waals surface area contributed by atoms with Crippen LogP contribution < -0.4 is 26.0 Å². The monoisotopic (exact) mass is 540 g/mol. The highest BCUT2D eigenvalue weighted by molar-refractivity contribution is 6.60. The highest BCUT2D eigenvalue weighted by Crippen LogP contribution is 2.38. The third-order valence-electron chi connectivity index (χ3n) is 5.44. The fourth-order valence-electron chi connectivity index (χ4n) is 3.51. The number of aromatic nitrogens is 4. The summed E-state index contributed by atoms with van der Waals surface area (Å²) in [6.07, 6.45) is 1.58. The second-order valence-electron chi connectivity index (χ2n) is 8.88. The third kappa shape index (κ3) is 7.37. The number of carbonyl (C=O) groups excluding carboxylic acids is 3. The van der Waals surface area contributed by atoms with Crippen LogP contribution in [-0.2, 0) is 20.9 Å². The molecule has 3 amide bonds. The molecule has 1 aromatic carbocycles. The molecule has 200 valence electrons. The van der Waals surface area contributed by atoms with Gasteiger partial charge in [0.2, 0.25) is 11.8 Å². The molecule has 40 heavy (non-hydrogen) atoms. The average Bonchev–Trinajstić information content (AvgIpc) is 3.64. The number of anilines is 3. The zero-order chi connectivity index (χ0) is 28.9. The van der Waals surface area contributed by atoms with Crippen molar-refractivity contribution in [3.63, 3.8) is 0 Å². The maximum atomic E-state index is 12.8. The van der Waals surface area contributed by atoms with Crippen molar-refractivity contribution in [3.05, 3.63) is 35.8 Å². The lowest BCUT2D eigenvalue weighted by molar-refractivity contribution is -0.125. The van der Waals surface area contributed by atoms with Crippen molar-refractivity contribution in [2.75, 3.05) is 31.5 Å². The molecule has 0 saturated heterocycles. The molecule has 1 saturated carbocycles. The molecule has 0 spiro atoms. The van der Waals surface area contributed by atoms with Gasteiger partial charge in [0.25, 0.3) is 11.8 Å². The van der Waals surface area contributed by atoms with E-state index in [4.69, 9.17) is 37.5 Å². The second-order valence-corrected chi connectivity index (χ2v) is 8.88. The summed E-state index contributed by atoms with van der Waals surface area (Å²) < 4.78 is 15.8. The van der Waals surface area contributed by atoms with Crippen molar-refractivity contribution >= 4 is 58.5 Å². The number of rotatable bonds is 12. The van der Waals surface area contributed by atoms with E-state index < -0.39 is 11.1 Å². The van der Waals surface area contributed by atoms with Crippen molar-refractivity contribution in [2.45, 2.75) is 24.6 Å². The normalized spacial score (nSPS) is 12.8. The van der Waals surface area contributed by atoms with E-state index in [-0.39, 0.29) is 65.5 Å². The van der Waals surface area contributed by atoms with Gasteiger partial charge in [0.15, 0.2) is 23.1 Å². The Morgan fingerprint density at radius 2 is 1.90 bits per heavy atom. The van der Waals surface area contributed by atoms with Crippen LogP contribution in [0.15, 0.2) is 28.8 Å². The minimum Gasteiger partial charge on any atom is -0.494 e. The lowest BCUT2D eigenvalue weighted by Gasteiger charge is -2.23. The van der Waals surface area contributed by atoms with Gasteiger partial charge >= 0.3 is 0 Å². The maximum absolute atomic E-state index is 12.8. The van der Waals surface area contributed by atoms with E-state index in [2.05, 4.69) is 41.6 Å². The smallest absolute Gasteiger partial charge is 0.272 e. The molecular formula is C23H23B3N8O6. The van der Waals surface area contributed by atoms with E-state index in [1.54, 1.807) is 18.2 Å². The molecule has 1 fully saturated rings. The summed E-state index contributed by atoms with van der Waals surface area (Å²) in [4.78, 5) is 41.1. The molecule has 3 aromatic rings. The van der Waals surface area contributed by atoms with Gasteiger partial charge in [0.05, 0.1) is 54.1 Å². The molecule has 0 atom stereocenters. The molecule has 0 unspecified atom stereocenters. The number of nitrogens with zero attached hydrogens (tertiary/aromatic N) is 4. The molecule has 17 heteroatoms. The molecule has 4 rings (SSSR count). The Bertz CT molecular complexity index is 1410. The van der Waals surface area contributed by atoms with Gasteiger partial charge < -0.3 is 35.3 Å². The quantitative estimate of drug-likeness (QED) is 0.222. The number of hydrogen-bond donors (Lipinski definition) is 4. The van der Waals surface area contributed by atoms with E-state index in [9.17, 15) is 14.4 Å². The molecular weight excluding hydrogens is 517 g/mol. The second kappa shape index (κ2) is 12.2. The number of hydrogen-bond acceptors (Lipinski definition) is 11. The van der Waals surface area contributed by atoms with Gasteiger partial charge in [-0.05, 0) is 25.0 Å². The number of methoxy groups -OCH3 is 2. The summed E-state index contributed by atoms with van der Waals surface area (Å²) >= 11 is 0. The molecule has 4 N–H and O–H groups in total. The third-order valence-corrected chi connectivity index (χ3v) is 5.44. The van der Waals surface area contributed by atoms with Crippen LogP contribution >= 0.6 is 0 Å². The predicted molar refractivity (Wildman–Crippen MR) is 144 cm³/mol. The topological polar surface area (TPSA) is 182 Å². The first-order valence-electron chi connectivity index (χ1n) is 12.0. The number of para-hydroxylation sites is 1. The molecule has 1 aliphatic carbocycles. The van der Waals surface area contributed by atoms with Crippen LogP contribution in [0.3, 0.4) is 0 Å². The number of carbonyl (C=O) groups is 3.